The normalized spacial score (nSPS) is 35.4. The van der Waals surface area contributed by atoms with Gasteiger partial charge >= 0.3 is 5.97 Å². The summed E-state index contributed by atoms with van der Waals surface area (Å²) >= 11 is 0. The molecule has 8 heteroatoms. The summed E-state index contributed by atoms with van der Waals surface area (Å²) in [6, 6.07) is 6.05. The molecule has 5 rings (SSSR count). The van der Waals surface area contributed by atoms with Crippen LogP contribution in [0, 0.1) is 11.8 Å². The summed E-state index contributed by atoms with van der Waals surface area (Å²) in [5.41, 5.74) is 1.22. The number of carbonyl (C=O) groups excluding carboxylic acids is 1. The van der Waals surface area contributed by atoms with Gasteiger partial charge in [-0.25, -0.2) is 4.79 Å². The zero-order valence-corrected chi connectivity index (χ0v) is 19.9. The topological polar surface area (TPSA) is 78.5 Å². The quantitative estimate of drug-likeness (QED) is 0.410. The standard InChI is InChI=1S/C25H34N2O6/c1-5-16-14-27-10-9-24-22-19(7-6-8-20(22)30-3)26-25(24,33-12-11-32-24)21(27)13-17(16)18(15-29-2)23(28)31-4/h6-8,15-17,21,26H,5,9-14H2,1-4H3/t16-,17+,21+,24+,25+/m1/s1. The average Bonchev–Trinajstić information content (AvgIpc) is 3.18. The predicted octanol–water partition coefficient (Wildman–Crippen LogP) is 2.88. The first kappa shape index (κ1) is 22.5. The number of methoxy groups -OCH3 is 3. The molecule has 0 radical (unpaired) electrons. The maximum atomic E-state index is 12.7. The number of hydrogen-bond acceptors (Lipinski definition) is 8. The first-order valence-electron chi connectivity index (χ1n) is 11.8. The Morgan fingerprint density at radius 3 is 2.82 bits per heavy atom. The zero-order chi connectivity index (χ0) is 23.2. The van der Waals surface area contributed by atoms with Crippen LogP contribution < -0.4 is 10.1 Å². The highest BCUT2D eigenvalue weighted by molar-refractivity contribution is 5.88. The van der Waals surface area contributed by atoms with Gasteiger partial charge in [0.25, 0.3) is 0 Å². The van der Waals surface area contributed by atoms with Crippen molar-refractivity contribution in [1.82, 2.24) is 4.90 Å². The molecular formula is C25H34N2O6. The lowest BCUT2D eigenvalue weighted by atomic mass is 9.67. The second-order valence-corrected chi connectivity index (χ2v) is 9.34. The van der Waals surface area contributed by atoms with Crippen LogP contribution in [-0.2, 0) is 29.3 Å². The van der Waals surface area contributed by atoms with Crippen LogP contribution in [0.4, 0.5) is 5.69 Å². The van der Waals surface area contributed by atoms with Crippen molar-refractivity contribution >= 4 is 11.7 Å². The Kier molecular flexibility index (Phi) is 5.79. The van der Waals surface area contributed by atoms with E-state index in [0.29, 0.717) is 24.7 Å². The van der Waals surface area contributed by atoms with E-state index in [9.17, 15) is 4.79 Å². The Bertz CT molecular complexity index is 951. The molecule has 0 amide bonds. The molecule has 0 spiro atoms. The first-order valence-corrected chi connectivity index (χ1v) is 11.8. The molecule has 0 unspecified atom stereocenters. The molecule has 3 fully saturated rings. The van der Waals surface area contributed by atoms with E-state index in [1.165, 1.54) is 7.11 Å². The number of ether oxygens (including phenoxy) is 5. The monoisotopic (exact) mass is 458 g/mol. The molecule has 5 atom stereocenters. The fraction of sp³-hybridized carbons (Fsp3) is 0.640. The van der Waals surface area contributed by atoms with Crippen molar-refractivity contribution in [2.75, 3.05) is 52.9 Å². The average molecular weight is 459 g/mol. The molecule has 33 heavy (non-hydrogen) atoms. The van der Waals surface area contributed by atoms with Crippen molar-refractivity contribution in [2.45, 2.75) is 43.6 Å². The van der Waals surface area contributed by atoms with E-state index >= 15 is 0 Å². The molecule has 0 aromatic heterocycles. The maximum absolute atomic E-state index is 12.7. The van der Waals surface area contributed by atoms with Crippen molar-refractivity contribution in [1.29, 1.82) is 0 Å². The molecule has 180 valence electrons. The number of rotatable bonds is 5. The minimum atomic E-state index is -0.758. The summed E-state index contributed by atoms with van der Waals surface area (Å²) < 4.78 is 29.5. The van der Waals surface area contributed by atoms with Crippen LogP contribution in [0.25, 0.3) is 0 Å². The lowest BCUT2D eigenvalue weighted by molar-refractivity contribution is -0.297. The summed E-state index contributed by atoms with van der Waals surface area (Å²) in [5, 5.41) is 3.75. The number of benzene rings is 1. The molecule has 0 aliphatic carbocycles. The number of nitrogens with one attached hydrogen (secondary N) is 1. The molecule has 3 saturated heterocycles. The first-order chi connectivity index (χ1) is 16.0. The third-order valence-electron chi connectivity index (χ3n) is 8.10. The van der Waals surface area contributed by atoms with Gasteiger partial charge in [-0.15, -0.1) is 0 Å². The predicted molar refractivity (Wildman–Crippen MR) is 122 cm³/mol. The molecule has 4 heterocycles. The summed E-state index contributed by atoms with van der Waals surface area (Å²) in [7, 11) is 4.69. The van der Waals surface area contributed by atoms with Gasteiger partial charge in [-0.3, -0.25) is 4.90 Å². The van der Waals surface area contributed by atoms with E-state index in [4.69, 9.17) is 23.7 Å². The Morgan fingerprint density at radius 2 is 2.09 bits per heavy atom. The van der Waals surface area contributed by atoms with Crippen molar-refractivity contribution in [2.24, 2.45) is 11.8 Å². The summed E-state index contributed by atoms with van der Waals surface area (Å²) in [6.07, 6.45) is 4.06. The van der Waals surface area contributed by atoms with E-state index in [1.807, 2.05) is 12.1 Å². The van der Waals surface area contributed by atoms with E-state index in [2.05, 4.69) is 23.2 Å². The largest absolute Gasteiger partial charge is 0.504 e. The number of nitrogens with zero attached hydrogens (tertiary/aromatic N) is 1. The highest BCUT2D eigenvalue weighted by Crippen LogP contribution is 2.61. The van der Waals surface area contributed by atoms with Gasteiger partial charge in [-0.05, 0) is 36.8 Å². The van der Waals surface area contributed by atoms with Crippen molar-refractivity contribution in [3.05, 3.63) is 35.6 Å². The van der Waals surface area contributed by atoms with Crippen molar-refractivity contribution in [3.63, 3.8) is 0 Å². The molecule has 4 aliphatic heterocycles. The Balaban J connectivity index is 1.60. The number of hydrogen-bond donors (Lipinski definition) is 1. The van der Waals surface area contributed by atoms with Crippen LogP contribution in [0.1, 0.15) is 31.7 Å². The number of fused-ring (bicyclic) bond motifs is 2. The van der Waals surface area contributed by atoms with Crippen LogP contribution in [0.2, 0.25) is 0 Å². The highest BCUT2D eigenvalue weighted by atomic mass is 16.6. The zero-order valence-electron chi connectivity index (χ0n) is 19.9. The van der Waals surface area contributed by atoms with Gasteiger partial charge in [-0.1, -0.05) is 19.4 Å². The minimum absolute atomic E-state index is 0.00127. The highest BCUT2D eigenvalue weighted by Gasteiger charge is 2.70. The van der Waals surface area contributed by atoms with Crippen molar-refractivity contribution < 1.29 is 28.5 Å². The maximum Gasteiger partial charge on any atom is 0.337 e. The van der Waals surface area contributed by atoms with Gasteiger partial charge in [-0.2, -0.15) is 0 Å². The fourth-order valence-electron chi connectivity index (χ4n) is 6.73. The van der Waals surface area contributed by atoms with E-state index in [-0.39, 0.29) is 17.9 Å². The summed E-state index contributed by atoms with van der Waals surface area (Å²) in [5.74, 6) is 0.785. The number of carbonyl (C=O) groups is 1. The number of piperidine rings is 2. The lowest BCUT2D eigenvalue weighted by Crippen LogP contribution is -2.75. The van der Waals surface area contributed by atoms with Crippen LogP contribution in [0.3, 0.4) is 0 Å². The summed E-state index contributed by atoms with van der Waals surface area (Å²) in [6.45, 7) is 4.99. The van der Waals surface area contributed by atoms with Gasteiger partial charge in [0, 0.05) is 18.8 Å². The Labute approximate surface area is 195 Å². The second-order valence-electron chi connectivity index (χ2n) is 9.34. The molecule has 8 nitrogen and oxygen atoms in total. The third-order valence-corrected chi connectivity index (χ3v) is 8.10. The van der Waals surface area contributed by atoms with Gasteiger partial charge in [0.05, 0.1) is 58.0 Å². The van der Waals surface area contributed by atoms with Crippen LogP contribution >= 0.6 is 0 Å². The molecule has 1 N–H and O–H groups in total. The van der Waals surface area contributed by atoms with E-state index in [1.54, 1.807) is 20.5 Å². The van der Waals surface area contributed by atoms with Gasteiger partial charge < -0.3 is 29.0 Å². The van der Waals surface area contributed by atoms with Crippen LogP contribution in [0.15, 0.2) is 30.0 Å². The Hall–Kier alpha value is -2.29. The number of anilines is 1. The molecule has 1 aromatic carbocycles. The van der Waals surface area contributed by atoms with Crippen LogP contribution in [0.5, 0.6) is 5.75 Å². The van der Waals surface area contributed by atoms with E-state index < -0.39 is 11.3 Å². The Morgan fingerprint density at radius 1 is 1.27 bits per heavy atom. The van der Waals surface area contributed by atoms with Gasteiger partial charge in [0.1, 0.15) is 11.4 Å². The van der Waals surface area contributed by atoms with Gasteiger partial charge in [0.15, 0.2) is 5.72 Å². The summed E-state index contributed by atoms with van der Waals surface area (Å²) in [4.78, 5) is 15.2. The molecule has 0 saturated carbocycles. The molecule has 4 aliphatic rings. The third kappa shape index (κ3) is 3.11. The second kappa shape index (κ2) is 8.49. The minimum Gasteiger partial charge on any atom is -0.504 e. The van der Waals surface area contributed by atoms with Gasteiger partial charge in [0.2, 0.25) is 0 Å². The molecular weight excluding hydrogens is 424 g/mol. The lowest BCUT2D eigenvalue weighted by Gasteiger charge is -2.61. The molecule has 1 aromatic rings. The van der Waals surface area contributed by atoms with Crippen LogP contribution in [-0.4, -0.2) is 70.3 Å². The SMILES string of the molecule is CC[C@@H]1CN2CC[C@@]34OCCO[C@@]3(Nc3cccc(OC)c34)[C@@H]2C[C@@H]1C(=COC)C(=O)OC. The molecule has 0 bridgehead atoms. The fourth-order valence-corrected chi connectivity index (χ4v) is 6.73. The smallest absolute Gasteiger partial charge is 0.337 e. The van der Waals surface area contributed by atoms with E-state index in [0.717, 1.165) is 49.4 Å². The van der Waals surface area contributed by atoms with Crippen molar-refractivity contribution in [3.8, 4) is 5.75 Å². The number of esters is 1.